The lowest BCUT2D eigenvalue weighted by atomic mass is 9.93. The van der Waals surface area contributed by atoms with Gasteiger partial charge in [-0.1, -0.05) is 224 Å². The maximum Gasteiger partial charge on any atom is 0.164 e. The summed E-state index contributed by atoms with van der Waals surface area (Å²) < 4.78 is 12.4. The molecule has 1 aliphatic rings. The van der Waals surface area contributed by atoms with Crippen LogP contribution in [-0.4, -0.2) is 43.8 Å². The Bertz CT molecular complexity index is 7330. The molecule has 114 heavy (non-hydrogen) atoms. The summed E-state index contributed by atoms with van der Waals surface area (Å²) >= 11 is 0. The van der Waals surface area contributed by atoms with Gasteiger partial charge >= 0.3 is 0 Å². The van der Waals surface area contributed by atoms with Gasteiger partial charge in [0.25, 0.3) is 0 Å². The highest BCUT2D eigenvalue weighted by molar-refractivity contribution is 6.16. The first-order valence-electron chi connectivity index (χ1n) is 39.0. The molecule has 0 fully saturated rings. The summed E-state index contributed by atoms with van der Waals surface area (Å²) in [6, 6.07) is 136. The molecule has 10 heteroatoms. The number of fused-ring (bicyclic) bond motifs is 16. The van der Waals surface area contributed by atoms with Crippen molar-refractivity contribution < 1.29 is 0 Å². The second-order valence-corrected chi connectivity index (χ2v) is 30.1. The average Bonchev–Trinajstić information content (AvgIpc) is 1.55. The topological polar surface area (TPSA) is 90.4 Å². The number of hydrogen-bond donors (Lipinski definition) is 0. The Morgan fingerprint density at radius 3 is 1.09 bits per heavy atom. The minimum Gasteiger partial charge on any atom is -0.336 e. The number of hydrogen-bond acceptors (Lipinski definition) is 5. The summed E-state index contributed by atoms with van der Waals surface area (Å²) in [6.45, 7) is 2.43. The maximum atomic E-state index is 10.7. The van der Waals surface area contributed by atoms with E-state index >= 15 is 0 Å². The molecule has 0 spiro atoms. The molecule has 0 saturated carbocycles. The number of rotatable bonds is 12. The highest BCUT2D eigenvalue weighted by Crippen LogP contribution is 2.52. The fraction of sp³-hybridized carbons (Fsp3) is 0.0385. The van der Waals surface area contributed by atoms with Gasteiger partial charge < -0.3 is 27.7 Å². The lowest BCUT2D eigenvalue weighted by Crippen LogP contribution is -2.35. The van der Waals surface area contributed by atoms with Gasteiger partial charge in [-0.15, -0.1) is 0 Å². The molecule has 6 aromatic heterocycles. The van der Waals surface area contributed by atoms with E-state index in [1.807, 2.05) is 54.6 Å². The number of benzene rings is 16. The average molecular weight is 1460 g/mol. The normalized spacial score (nSPS) is 13.3. The Labute approximate surface area is 656 Å². The van der Waals surface area contributed by atoms with Crippen molar-refractivity contribution in [3.05, 3.63) is 381 Å². The maximum absolute atomic E-state index is 10.7. The molecule has 23 rings (SSSR count). The molecule has 534 valence electrons. The summed E-state index contributed by atoms with van der Waals surface area (Å²) in [4.78, 5) is 18.9. The van der Waals surface area contributed by atoms with Crippen LogP contribution < -0.4 is 4.90 Å². The molecular formula is C104H68N10. The molecule has 0 N–H and O–H groups in total. The molecule has 7 heterocycles. The van der Waals surface area contributed by atoms with Gasteiger partial charge in [0.1, 0.15) is 0 Å². The fourth-order valence-corrected chi connectivity index (χ4v) is 18.9. The monoisotopic (exact) mass is 1460 g/mol. The molecule has 0 radical (unpaired) electrons. The van der Waals surface area contributed by atoms with Gasteiger partial charge in [-0.05, 0) is 176 Å². The predicted octanol–water partition coefficient (Wildman–Crippen LogP) is 25.9. The fourth-order valence-electron chi connectivity index (χ4n) is 18.9. The van der Waals surface area contributed by atoms with Crippen LogP contribution in [0.1, 0.15) is 24.1 Å². The van der Waals surface area contributed by atoms with E-state index < -0.39 is 0 Å². The van der Waals surface area contributed by atoms with Crippen LogP contribution in [0.5, 0.6) is 0 Å². The lowest BCUT2D eigenvalue weighted by molar-refractivity contribution is 0.468. The third kappa shape index (κ3) is 10.0. The van der Waals surface area contributed by atoms with E-state index in [9.17, 15) is 5.26 Å². The number of nitriles is 1. The van der Waals surface area contributed by atoms with Crippen molar-refractivity contribution in [2.75, 3.05) is 4.90 Å². The first-order valence-corrected chi connectivity index (χ1v) is 39.0. The van der Waals surface area contributed by atoms with Crippen molar-refractivity contribution in [2.24, 2.45) is 0 Å². The van der Waals surface area contributed by atoms with Crippen molar-refractivity contribution >= 4 is 120 Å². The molecule has 1 unspecified atom stereocenters. The van der Waals surface area contributed by atoms with E-state index in [4.69, 9.17) is 15.0 Å². The standard InChI is InChI=1S/C104H68N10/c1-65(109-89-39-16-8-31-76(89)77-32-9-17-40-90(77)109)101-61-72-58-73(110-91-41-18-10-33-78(91)79-34-11-19-42-92(79)110)49-54-88(72)113(101)97-53-48-71(104-107-102(67-26-4-2-5-27-67)106-103(108-104)68-28-6-3-7-29-68)60-85(97)84-59-70(69-30-24-25-66(57-69)64-105)47-52-98(84)114-99-55-50-74(111-93-43-20-12-35-80(93)81-36-13-21-44-94(81)111)62-86(99)87-63-75(51-56-100(87)114)112-95-45-22-14-37-82(95)83-38-15-23-46-96(83)112/h2-60,62-63,65,101H,61H2,1H3/t65-,101?/m0/s1. The second-order valence-electron chi connectivity index (χ2n) is 30.1. The number of aromatic nitrogens is 8. The highest BCUT2D eigenvalue weighted by atomic mass is 15.2. The smallest absolute Gasteiger partial charge is 0.164 e. The van der Waals surface area contributed by atoms with Gasteiger partial charge in [0.2, 0.25) is 0 Å². The van der Waals surface area contributed by atoms with Gasteiger partial charge in [-0.2, -0.15) is 5.26 Å². The van der Waals surface area contributed by atoms with Crippen molar-refractivity contribution in [1.82, 2.24) is 37.8 Å². The van der Waals surface area contributed by atoms with Gasteiger partial charge in [0.05, 0.1) is 73.5 Å². The van der Waals surface area contributed by atoms with Gasteiger partial charge in [0.15, 0.2) is 17.5 Å². The zero-order valence-corrected chi connectivity index (χ0v) is 62.1. The largest absolute Gasteiger partial charge is 0.336 e. The third-order valence-corrected chi connectivity index (χ3v) is 24.0. The van der Waals surface area contributed by atoms with Crippen molar-refractivity contribution in [2.45, 2.75) is 25.4 Å². The lowest BCUT2D eigenvalue weighted by Gasteiger charge is -2.35. The van der Waals surface area contributed by atoms with Crippen LogP contribution in [0.3, 0.4) is 0 Å². The van der Waals surface area contributed by atoms with E-state index in [0.29, 0.717) is 23.0 Å². The summed E-state index contributed by atoms with van der Waals surface area (Å²) in [5, 5.41) is 22.6. The Morgan fingerprint density at radius 2 is 0.623 bits per heavy atom. The van der Waals surface area contributed by atoms with Crippen LogP contribution in [0.15, 0.2) is 370 Å². The quantitative estimate of drug-likeness (QED) is 0.122. The summed E-state index contributed by atoms with van der Waals surface area (Å²) in [7, 11) is 0. The van der Waals surface area contributed by atoms with Crippen LogP contribution in [0.2, 0.25) is 0 Å². The Balaban J connectivity index is 0.829. The SMILES string of the molecule is C[C@@H](C1Cc2cc(-n3c4ccccc4c4ccccc43)ccc2N1c1ccc(-c2nc(-c3ccccc3)nc(-c3ccccc3)n2)cc1-c1cc(-c2cccc(C#N)c2)ccc1-n1c2ccc(-n3c4ccccc4c4ccccc43)cc2c2cc(-n3c4ccccc4c4ccccc43)ccc21)n1c2ccccc2c2ccccc21. The van der Waals surface area contributed by atoms with Crippen molar-refractivity contribution in [3.8, 4) is 85.2 Å². The zero-order valence-electron chi connectivity index (χ0n) is 62.1. The van der Waals surface area contributed by atoms with E-state index in [1.165, 1.54) is 59.7 Å². The molecule has 1 aliphatic heterocycles. The predicted molar refractivity (Wildman–Crippen MR) is 469 cm³/mol. The van der Waals surface area contributed by atoms with E-state index in [2.05, 4.69) is 356 Å². The molecule has 22 aromatic rings. The highest BCUT2D eigenvalue weighted by Gasteiger charge is 2.39. The van der Waals surface area contributed by atoms with Gasteiger partial charge in [0, 0.05) is 121 Å². The van der Waals surface area contributed by atoms with Gasteiger partial charge in [-0.3, -0.25) is 0 Å². The summed E-state index contributed by atoms with van der Waals surface area (Å²) in [5.74, 6) is 1.68. The third-order valence-electron chi connectivity index (χ3n) is 24.0. The van der Waals surface area contributed by atoms with Crippen LogP contribution in [0, 0.1) is 11.3 Å². The minimum atomic E-state index is -0.158. The molecule has 0 aliphatic carbocycles. The first kappa shape index (κ1) is 64.8. The van der Waals surface area contributed by atoms with Crippen molar-refractivity contribution in [3.63, 3.8) is 0 Å². The Morgan fingerprint density at radius 1 is 0.281 bits per heavy atom. The van der Waals surface area contributed by atoms with Crippen LogP contribution in [0.4, 0.5) is 11.4 Å². The first-order chi connectivity index (χ1) is 56.4. The van der Waals surface area contributed by atoms with Crippen LogP contribution in [-0.2, 0) is 6.42 Å². The Hall–Kier alpha value is -15.2. The zero-order chi connectivity index (χ0) is 75.2. The van der Waals surface area contributed by atoms with E-state index in [0.717, 1.165) is 134 Å². The molecule has 0 saturated heterocycles. The van der Waals surface area contributed by atoms with Gasteiger partial charge in [-0.25, -0.2) is 15.0 Å². The number of anilines is 2. The number of nitrogens with zero attached hydrogens (tertiary/aromatic N) is 10. The summed E-state index contributed by atoms with van der Waals surface area (Å²) in [5.41, 5.74) is 25.8. The van der Waals surface area contributed by atoms with E-state index in [-0.39, 0.29) is 12.1 Å². The molecular weight excluding hydrogens is 1390 g/mol. The molecule has 10 nitrogen and oxygen atoms in total. The minimum absolute atomic E-state index is 0.110. The molecule has 0 bridgehead atoms. The second kappa shape index (κ2) is 25.7. The molecule has 16 aromatic carbocycles. The molecule has 0 amide bonds. The van der Waals surface area contributed by atoms with Crippen LogP contribution >= 0.6 is 0 Å². The van der Waals surface area contributed by atoms with Crippen LogP contribution in [0.25, 0.3) is 188 Å². The summed E-state index contributed by atoms with van der Waals surface area (Å²) in [6.07, 6.45) is 0.723. The molecule has 2 atom stereocenters. The van der Waals surface area contributed by atoms with E-state index in [1.54, 1.807) is 0 Å². The number of para-hydroxylation sites is 8. The van der Waals surface area contributed by atoms with Crippen molar-refractivity contribution in [1.29, 1.82) is 5.26 Å². The Kier molecular flexibility index (Phi) is 14.6.